The minimum Gasteiger partial charge on any atom is -0.497 e. The lowest BCUT2D eigenvalue weighted by Crippen LogP contribution is -2.35. The van der Waals surface area contributed by atoms with E-state index < -0.39 is 0 Å². The van der Waals surface area contributed by atoms with E-state index >= 15 is 0 Å². The number of hydrogen-bond donors (Lipinski definition) is 2. The number of benzene rings is 2. The first-order valence-electron chi connectivity index (χ1n) is 9.53. The number of carbonyl (C=O) groups is 2. The number of nitrogens with zero attached hydrogens (tertiary/aromatic N) is 1. The first-order valence-corrected chi connectivity index (χ1v) is 9.53. The Balaban J connectivity index is 1.94. The van der Waals surface area contributed by atoms with Gasteiger partial charge >= 0.3 is 0 Å². The van der Waals surface area contributed by atoms with Crippen LogP contribution in [0.15, 0.2) is 60.4 Å². The van der Waals surface area contributed by atoms with E-state index in [-0.39, 0.29) is 17.5 Å². The van der Waals surface area contributed by atoms with Gasteiger partial charge in [-0.3, -0.25) is 9.59 Å². The molecule has 2 amide bonds. The first kappa shape index (κ1) is 20.2. The Morgan fingerprint density at radius 3 is 2.52 bits per heavy atom. The number of ether oxygens (including phenoxy) is 1. The molecule has 0 spiro atoms. The second-order valence-corrected chi connectivity index (χ2v) is 6.71. The summed E-state index contributed by atoms with van der Waals surface area (Å²) < 4.78 is 7.12. The molecule has 1 aromatic heterocycles. The van der Waals surface area contributed by atoms with Crippen LogP contribution in [0, 0.1) is 0 Å². The molecule has 0 saturated heterocycles. The summed E-state index contributed by atoms with van der Waals surface area (Å²) in [5, 5.41) is 6.60. The third-order valence-electron chi connectivity index (χ3n) is 4.61. The number of nitrogens with one attached hydrogen (secondary N) is 2. The maximum absolute atomic E-state index is 12.7. The van der Waals surface area contributed by atoms with Crippen molar-refractivity contribution in [2.45, 2.75) is 13.3 Å². The minimum absolute atomic E-state index is 0.204. The van der Waals surface area contributed by atoms with Crippen LogP contribution in [0.4, 0.5) is 0 Å². The summed E-state index contributed by atoms with van der Waals surface area (Å²) in [6, 6.07) is 14.7. The Morgan fingerprint density at radius 1 is 1.10 bits per heavy atom. The standard InChI is InChI=1S/C23H25N3O3/c1-4-13-24-23(28)20(25-22(27)16-9-11-18(29-3)12-10-16)14-17-15-26(2)21-8-6-5-7-19(17)21/h5-12,14-15H,4,13H2,1-3H3,(H,24,28)(H,25,27)/b20-14-. The molecule has 150 valence electrons. The number of hydrogen-bond acceptors (Lipinski definition) is 3. The molecule has 0 bridgehead atoms. The highest BCUT2D eigenvalue weighted by Gasteiger charge is 2.16. The molecule has 2 aromatic carbocycles. The quantitative estimate of drug-likeness (QED) is 0.606. The average molecular weight is 391 g/mol. The molecule has 0 radical (unpaired) electrons. The van der Waals surface area contributed by atoms with Gasteiger partial charge in [-0.1, -0.05) is 25.1 Å². The van der Waals surface area contributed by atoms with Crippen LogP contribution in [0.1, 0.15) is 29.3 Å². The van der Waals surface area contributed by atoms with E-state index in [1.54, 1.807) is 37.5 Å². The van der Waals surface area contributed by atoms with Crippen molar-refractivity contribution in [1.29, 1.82) is 0 Å². The van der Waals surface area contributed by atoms with Crippen LogP contribution in [0.3, 0.4) is 0 Å². The van der Waals surface area contributed by atoms with Gasteiger partial charge in [0.15, 0.2) is 0 Å². The van der Waals surface area contributed by atoms with E-state index in [0.717, 1.165) is 22.9 Å². The highest BCUT2D eigenvalue weighted by Crippen LogP contribution is 2.22. The second-order valence-electron chi connectivity index (χ2n) is 6.71. The number of carbonyl (C=O) groups excluding carboxylic acids is 2. The maximum Gasteiger partial charge on any atom is 0.267 e. The molecule has 0 atom stereocenters. The van der Waals surface area contributed by atoms with Crippen molar-refractivity contribution < 1.29 is 14.3 Å². The van der Waals surface area contributed by atoms with Gasteiger partial charge in [0.25, 0.3) is 11.8 Å². The molecule has 6 nitrogen and oxygen atoms in total. The van der Waals surface area contributed by atoms with Gasteiger partial charge in [-0.05, 0) is 42.8 Å². The number of aromatic nitrogens is 1. The number of rotatable bonds is 7. The molecule has 0 aliphatic heterocycles. The van der Waals surface area contributed by atoms with E-state index in [1.807, 2.05) is 49.0 Å². The molecule has 0 saturated carbocycles. The normalized spacial score (nSPS) is 11.3. The minimum atomic E-state index is -0.356. The topological polar surface area (TPSA) is 72.4 Å². The molecule has 29 heavy (non-hydrogen) atoms. The number of fused-ring (bicyclic) bond motifs is 1. The summed E-state index contributed by atoms with van der Waals surface area (Å²) >= 11 is 0. The largest absolute Gasteiger partial charge is 0.497 e. The van der Waals surface area contributed by atoms with Gasteiger partial charge in [0.1, 0.15) is 11.4 Å². The number of aryl methyl sites for hydroxylation is 1. The Labute approximate surface area is 170 Å². The van der Waals surface area contributed by atoms with E-state index in [0.29, 0.717) is 17.9 Å². The third-order valence-corrected chi connectivity index (χ3v) is 4.61. The molecule has 3 rings (SSSR count). The zero-order valence-corrected chi connectivity index (χ0v) is 16.9. The van der Waals surface area contributed by atoms with Crippen molar-refractivity contribution >= 4 is 28.8 Å². The first-order chi connectivity index (χ1) is 14.0. The fourth-order valence-electron chi connectivity index (χ4n) is 3.07. The summed E-state index contributed by atoms with van der Waals surface area (Å²) in [6.45, 7) is 2.51. The van der Waals surface area contributed by atoms with Crippen LogP contribution in [-0.2, 0) is 11.8 Å². The molecule has 2 N–H and O–H groups in total. The predicted octanol–water partition coefficient (Wildman–Crippen LogP) is 3.48. The lowest BCUT2D eigenvalue weighted by atomic mass is 10.1. The van der Waals surface area contributed by atoms with Gasteiger partial charge in [0, 0.05) is 41.8 Å². The number of methoxy groups -OCH3 is 1. The van der Waals surface area contributed by atoms with Crippen molar-refractivity contribution in [3.63, 3.8) is 0 Å². The van der Waals surface area contributed by atoms with Crippen molar-refractivity contribution in [3.05, 3.63) is 71.6 Å². The van der Waals surface area contributed by atoms with Gasteiger partial charge in [-0.2, -0.15) is 0 Å². The van der Waals surface area contributed by atoms with E-state index in [2.05, 4.69) is 10.6 Å². The molecule has 3 aromatic rings. The second kappa shape index (κ2) is 9.10. The molecule has 6 heteroatoms. The van der Waals surface area contributed by atoms with Crippen LogP contribution >= 0.6 is 0 Å². The van der Waals surface area contributed by atoms with Gasteiger partial charge < -0.3 is 19.9 Å². The van der Waals surface area contributed by atoms with Crippen LogP contribution in [0.2, 0.25) is 0 Å². The Morgan fingerprint density at radius 2 is 1.83 bits per heavy atom. The lowest BCUT2D eigenvalue weighted by molar-refractivity contribution is -0.117. The molecule has 0 aliphatic rings. The van der Waals surface area contributed by atoms with E-state index in [4.69, 9.17) is 4.74 Å². The fraction of sp³-hybridized carbons (Fsp3) is 0.217. The van der Waals surface area contributed by atoms with E-state index in [1.165, 1.54) is 0 Å². The smallest absolute Gasteiger partial charge is 0.267 e. The zero-order chi connectivity index (χ0) is 20.8. The van der Waals surface area contributed by atoms with Crippen molar-refractivity contribution in [3.8, 4) is 5.75 Å². The van der Waals surface area contributed by atoms with Crippen molar-refractivity contribution in [2.24, 2.45) is 7.05 Å². The van der Waals surface area contributed by atoms with Crippen LogP contribution in [0.5, 0.6) is 5.75 Å². The molecular weight excluding hydrogens is 366 g/mol. The Hall–Kier alpha value is -3.54. The molecule has 0 fully saturated rings. The van der Waals surface area contributed by atoms with Gasteiger partial charge in [-0.15, -0.1) is 0 Å². The summed E-state index contributed by atoms with van der Waals surface area (Å²) in [5.74, 6) is -0.0128. The van der Waals surface area contributed by atoms with Crippen LogP contribution in [-0.4, -0.2) is 30.0 Å². The number of amides is 2. The predicted molar refractivity (Wildman–Crippen MR) is 115 cm³/mol. The number of para-hydroxylation sites is 1. The van der Waals surface area contributed by atoms with Gasteiger partial charge in [0.2, 0.25) is 0 Å². The lowest BCUT2D eigenvalue weighted by Gasteiger charge is -2.11. The summed E-state index contributed by atoms with van der Waals surface area (Å²) in [5.41, 5.74) is 2.56. The average Bonchev–Trinajstić information content (AvgIpc) is 3.07. The van der Waals surface area contributed by atoms with Crippen LogP contribution in [0.25, 0.3) is 17.0 Å². The highest BCUT2D eigenvalue weighted by atomic mass is 16.5. The SMILES string of the molecule is CCCNC(=O)/C(=C/c1cn(C)c2ccccc12)NC(=O)c1ccc(OC)cc1. The Kier molecular flexibility index (Phi) is 6.34. The molecular formula is C23H25N3O3. The Bertz CT molecular complexity index is 1050. The van der Waals surface area contributed by atoms with Crippen molar-refractivity contribution in [2.75, 3.05) is 13.7 Å². The van der Waals surface area contributed by atoms with Gasteiger partial charge in [-0.25, -0.2) is 0 Å². The van der Waals surface area contributed by atoms with Crippen LogP contribution < -0.4 is 15.4 Å². The molecule has 0 unspecified atom stereocenters. The van der Waals surface area contributed by atoms with Crippen molar-refractivity contribution in [1.82, 2.24) is 15.2 Å². The molecule has 0 aliphatic carbocycles. The van der Waals surface area contributed by atoms with E-state index in [9.17, 15) is 9.59 Å². The summed E-state index contributed by atoms with van der Waals surface area (Å²) in [6.07, 6.45) is 4.46. The van der Waals surface area contributed by atoms with Gasteiger partial charge in [0.05, 0.1) is 7.11 Å². The third kappa shape index (κ3) is 4.66. The highest BCUT2D eigenvalue weighted by molar-refractivity contribution is 6.06. The summed E-state index contributed by atoms with van der Waals surface area (Å²) in [4.78, 5) is 25.4. The fourth-order valence-corrected chi connectivity index (χ4v) is 3.07. The monoisotopic (exact) mass is 391 g/mol. The molecule has 1 heterocycles. The summed E-state index contributed by atoms with van der Waals surface area (Å²) in [7, 11) is 3.52. The zero-order valence-electron chi connectivity index (χ0n) is 16.9. The maximum atomic E-state index is 12.7.